The van der Waals surface area contributed by atoms with Crippen LogP contribution in [-0.2, 0) is 19.2 Å². The Bertz CT molecular complexity index is 1130. The number of nitrogens with one attached hydrogen (secondary N) is 3. The zero-order valence-corrected chi connectivity index (χ0v) is 20.9. The Morgan fingerprint density at radius 1 is 1.18 bits per heavy atom. The molecule has 4 N–H and O–H groups in total. The van der Waals surface area contributed by atoms with Gasteiger partial charge in [-0.2, -0.15) is 5.53 Å². The van der Waals surface area contributed by atoms with E-state index in [0.29, 0.717) is 6.42 Å². The predicted octanol–water partition coefficient (Wildman–Crippen LogP) is 0.601. The van der Waals surface area contributed by atoms with Gasteiger partial charge in [0.2, 0.25) is 11.8 Å². The van der Waals surface area contributed by atoms with Gasteiger partial charge in [0.05, 0.1) is 30.3 Å². The van der Waals surface area contributed by atoms with Gasteiger partial charge >= 0.3 is 12.0 Å². The molecule has 0 radical (unpaired) electrons. The number of thioether (sulfide) groups is 1. The summed E-state index contributed by atoms with van der Waals surface area (Å²) in [6.07, 6.45) is -0.282. The van der Waals surface area contributed by atoms with Crippen molar-refractivity contribution in [3.05, 3.63) is 35.9 Å². The number of carboxylic acids is 1. The van der Waals surface area contributed by atoms with E-state index >= 15 is 0 Å². The smallest absolute Gasteiger partial charge is 0.358 e. The van der Waals surface area contributed by atoms with Crippen LogP contribution in [0.2, 0.25) is 0 Å². The standard InChI is InChI=1S/C22H26N8O7S/c23-27-24-13-38-12-17(31)15(11-19(33)34)25-21(36)16-7-4-9-29-18(32)8-10-28(22(37)30(16)29)26-20(35)14-5-2-1-3-6-14/h1-3,5-6,13,15-16,23H,4,7-12H2,(H,25,36)(H,26,35)(H,33,34). The molecule has 15 nitrogen and oxygen atoms in total. The van der Waals surface area contributed by atoms with Gasteiger partial charge in [0.15, 0.2) is 5.78 Å². The number of ketones is 1. The number of fused-ring (bicyclic) bond motifs is 1. The lowest BCUT2D eigenvalue weighted by Crippen LogP contribution is -2.65. The summed E-state index contributed by atoms with van der Waals surface area (Å²) in [6, 6.07) is 4.69. The third-order valence-electron chi connectivity index (χ3n) is 5.73. The number of rotatable bonds is 11. The Hall–Kier alpha value is -4.34. The van der Waals surface area contributed by atoms with Crippen LogP contribution < -0.4 is 10.7 Å². The van der Waals surface area contributed by atoms with E-state index in [-0.39, 0.29) is 37.2 Å². The van der Waals surface area contributed by atoms with Crippen molar-refractivity contribution >= 4 is 52.8 Å². The number of benzene rings is 1. The van der Waals surface area contributed by atoms with E-state index in [2.05, 4.69) is 21.1 Å². The fraction of sp³-hybridized carbons (Fsp3) is 0.409. The van der Waals surface area contributed by atoms with Gasteiger partial charge in [-0.1, -0.05) is 23.4 Å². The normalized spacial score (nSPS) is 18.4. The van der Waals surface area contributed by atoms with Crippen molar-refractivity contribution in [2.45, 2.75) is 37.8 Å². The van der Waals surface area contributed by atoms with Gasteiger partial charge in [0, 0.05) is 18.5 Å². The molecule has 16 heteroatoms. The van der Waals surface area contributed by atoms with E-state index < -0.39 is 54.0 Å². The molecule has 2 heterocycles. The monoisotopic (exact) mass is 546 g/mol. The molecule has 2 aliphatic rings. The topological polar surface area (TPSA) is 205 Å². The quantitative estimate of drug-likeness (QED) is 0.133. The van der Waals surface area contributed by atoms with E-state index in [0.717, 1.165) is 32.3 Å². The number of aliphatic carboxylic acids is 1. The predicted molar refractivity (Wildman–Crippen MR) is 132 cm³/mol. The summed E-state index contributed by atoms with van der Waals surface area (Å²) < 4.78 is 0. The second-order valence-corrected chi connectivity index (χ2v) is 9.10. The Kier molecular flexibility index (Phi) is 9.86. The molecule has 2 fully saturated rings. The van der Waals surface area contributed by atoms with E-state index in [1.54, 1.807) is 30.3 Å². The number of carbonyl (C=O) groups is 6. The molecule has 0 aromatic heterocycles. The van der Waals surface area contributed by atoms with E-state index in [4.69, 9.17) is 5.53 Å². The molecular formula is C22H26N8O7S. The molecule has 202 valence electrons. The molecular weight excluding hydrogens is 520 g/mol. The number of Topliss-reactive ketones (excluding diaryl/α,β-unsaturated/α-hetero) is 1. The first-order chi connectivity index (χ1) is 18.2. The molecule has 2 saturated heterocycles. The highest BCUT2D eigenvalue weighted by atomic mass is 32.2. The average molecular weight is 547 g/mol. The second-order valence-electron chi connectivity index (χ2n) is 8.27. The van der Waals surface area contributed by atoms with Gasteiger partial charge in [-0.3, -0.25) is 29.4 Å². The van der Waals surface area contributed by atoms with Crippen molar-refractivity contribution in [3.8, 4) is 0 Å². The van der Waals surface area contributed by atoms with Crippen molar-refractivity contribution in [1.29, 1.82) is 5.53 Å². The fourth-order valence-electron chi connectivity index (χ4n) is 3.96. The molecule has 2 atom stereocenters. The van der Waals surface area contributed by atoms with Crippen molar-refractivity contribution in [2.24, 2.45) is 10.3 Å². The Morgan fingerprint density at radius 2 is 1.92 bits per heavy atom. The number of amides is 5. The fourth-order valence-corrected chi connectivity index (χ4v) is 4.51. The molecule has 3 rings (SSSR count). The molecule has 1 aromatic carbocycles. The highest BCUT2D eigenvalue weighted by Crippen LogP contribution is 2.24. The number of hydrazine groups is 2. The summed E-state index contributed by atoms with van der Waals surface area (Å²) in [4.78, 5) is 76.1. The maximum Gasteiger partial charge on any atom is 0.358 e. The lowest BCUT2D eigenvalue weighted by Gasteiger charge is -2.43. The summed E-state index contributed by atoms with van der Waals surface area (Å²) in [5, 5.41) is 20.7. The zero-order chi connectivity index (χ0) is 27.7. The van der Waals surface area contributed by atoms with Crippen LogP contribution >= 0.6 is 11.8 Å². The van der Waals surface area contributed by atoms with Crippen molar-refractivity contribution in [1.82, 2.24) is 25.8 Å². The Morgan fingerprint density at radius 3 is 2.61 bits per heavy atom. The number of carboxylic acid groups (broad SMARTS) is 1. The maximum atomic E-state index is 13.5. The molecule has 0 bridgehead atoms. The number of hydrogen-bond acceptors (Lipinski definition) is 9. The van der Waals surface area contributed by atoms with E-state index in [9.17, 15) is 33.9 Å². The number of hydrogen-bond donors (Lipinski definition) is 4. The summed E-state index contributed by atoms with van der Waals surface area (Å²) in [5.74, 6) is -4.01. The van der Waals surface area contributed by atoms with Gasteiger partial charge in [0.25, 0.3) is 5.91 Å². The molecule has 0 saturated carbocycles. The van der Waals surface area contributed by atoms with Gasteiger partial charge < -0.3 is 10.4 Å². The molecule has 0 spiro atoms. The SMILES string of the molecule is N=NN=CSCC(=O)C(CC(=O)O)NC(=O)C1CCCN2C(=O)CCN(NC(=O)c3ccccc3)C(=O)N12. The van der Waals surface area contributed by atoms with Gasteiger partial charge in [-0.05, 0) is 25.0 Å². The highest BCUT2D eigenvalue weighted by molar-refractivity contribution is 8.12. The van der Waals surface area contributed by atoms with Crippen LogP contribution in [0.3, 0.4) is 0 Å². The summed E-state index contributed by atoms with van der Waals surface area (Å²) in [7, 11) is 0. The van der Waals surface area contributed by atoms with Crippen molar-refractivity contribution in [2.75, 3.05) is 18.8 Å². The van der Waals surface area contributed by atoms with E-state index in [1.807, 2.05) is 0 Å². The number of carbonyl (C=O) groups excluding carboxylic acids is 5. The summed E-state index contributed by atoms with van der Waals surface area (Å²) in [5.41, 5.74) is 10.5. The minimum absolute atomic E-state index is 0.102. The summed E-state index contributed by atoms with van der Waals surface area (Å²) >= 11 is 0.866. The number of nitrogens with zero attached hydrogens (tertiary/aromatic N) is 5. The maximum absolute atomic E-state index is 13.5. The third-order valence-corrected chi connectivity index (χ3v) is 6.43. The van der Waals surface area contributed by atoms with E-state index in [1.165, 1.54) is 0 Å². The summed E-state index contributed by atoms with van der Waals surface area (Å²) in [6.45, 7) is 0.0461. The lowest BCUT2D eigenvalue weighted by molar-refractivity contribution is -0.155. The molecule has 38 heavy (non-hydrogen) atoms. The second kappa shape index (κ2) is 13.3. The highest BCUT2D eigenvalue weighted by Gasteiger charge is 2.44. The molecule has 2 unspecified atom stereocenters. The molecule has 0 aliphatic carbocycles. The minimum atomic E-state index is -1.41. The Balaban J connectivity index is 1.78. The van der Waals surface area contributed by atoms with Crippen LogP contribution in [0, 0.1) is 5.53 Å². The van der Waals surface area contributed by atoms with Gasteiger partial charge in [-0.25, -0.2) is 19.8 Å². The van der Waals surface area contributed by atoms with Crippen LogP contribution in [0.15, 0.2) is 40.7 Å². The van der Waals surface area contributed by atoms with Crippen LogP contribution in [0.4, 0.5) is 4.79 Å². The first-order valence-corrected chi connectivity index (χ1v) is 12.6. The van der Waals surface area contributed by atoms with Gasteiger partial charge in [-0.15, -0.1) is 16.9 Å². The Labute approximate surface area is 221 Å². The van der Waals surface area contributed by atoms with Crippen LogP contribution in [-0.4, -0.2) is 92.1 Å². The lowest BCUT2D eigenvalue weighted by atomic mass is 10.0. The first-order valence-electron chi connectivity index (χ1n) is 11.5. The van der Waals surface area contributed by atoms with Gasteiger partial charge in [0.1, 0.15) is 6.04 Å². The van der Waals surface area contributed by atoms with Crippen molar-refractivity contribution < 1.29 is 33.9 Å². The third kappa shape index (κ3) is 7.12. The first kappa shape index (κ1) is 28.2. The molecule has 5 amide bonds. The van der Waals surface area contributed by atoms with Crippen LogP contribution in [0.1, 0.15) is 36.0 Å². The van der Waals surface area contributed by atoms with Crippen LogP contribution in [0.25, 0.3) is 0 Å². The average Bonchev–Trinajstić information content (AvgIpc) is 3.02. The number of urea groups is 1. The molecule has 2 aliphatic heterocycles. The molecule has 1 aromatic rings. The van der Waals surface area contributed by atoms with Crippen molar-refractivity contribution in [3.63, 3.8) is 0 Å². The van der Waals surface area contributed by atoms with Crippen LogP contribution in [0.5, 0.6) is 0 Å². The largest absolute Gasteiger partial charge is 0.481 e. The zero-order valence-electron chi connectivity index (χ0n) is 20.1. The minimum Gasteiger partial charge on any atom is -0.481 e.